The van der Waals surface area contributed by atoms with Crippen LogP contribution in [0.3, 0.4) is 0 Å². The minimum absolute atomic E-state index is 0.00429. The number of rotatable bonds is 23. The molecule has 82 heavy (non-hydrogen) atoms. The topological polar surface area (TPSA) is 565 Å². The normalized spacial score (nSPS) is 28.8. The predicted octanol–water partition coefficient (Wildman–Crippen LogP) is -3.83. The van der Waals surface area contributed by atoms with Gasteiger partial charge < -0.3 is 85.0 Å². The summed E-state index contributed by atoms with van der Waals surface area (Å²) >= 11 is 0. The van der Waals surface area contributed by atoms with E-state index in [4.69, 9.17) is 54.2 Å². The average molecular weight is 1240 g/mol. The maximum atomic E-state index is 13.7. The van der Waals surface area contributed by atoms with Gasteiger partial charge in [-0.3, -0.25) is 47.1 Å². The van der Waals surface area contributed by atoms with Crippen molar-refractivity contribution in [3.05, 3.63) is 46.0 Å². The summed E-state index contributed by atoms with van der Waals surface area (Å²) in [6.07, 6.45) is -13.6. The highest BCUT2D eigenvalue weighted by molar-refractivity contribution is 7.66. The second kappa shape index (κ2) is 23.4. The summed E-state index contributed by atoms with van der Waals surface area (Å²) < 4.78 is 111. The number of hydrogen-bond donors (Lipinski definition) is 11. The molecule has 3 fully saturated rings. The smallest absolute Gasteiger partial charge is 0.490 e. The van der Waals surface area contributed by atoms with Gasteiger partial charge in [-0.05, 0) is 6.92 Å². The Bertz CT molecular complexity index is 3700. The minimum atomic E-state index is -6.25. The molecule has 0 aliphatic carbocycles. The fourth-order valence-corrected chi connectivity index (χ4v) is 13.9. The van der Waals surface area contributed by atoms with Crippen molar-refractivity contribution in [2.75, 3.05) is 57.2 Å². The summed E-state index contributed by atoms with van der Waals surface area (Å²) in [5, 5.41) is 33.5. The van der Waals surface area contributed by atoms with E-state index in [1.165, 1.54) is 32.0 Å². The number of fused-ring (bicyclic) bond motifs is 3. The van der Waals surface area contributed by atoms with Gasteiger partial charge in [0.1, 0.15) is 54.6 Å². The number of amides is 1. The third-order valence-corrected chi connectivity index (χ3v) is 18.4. The number of nitrogens with zero attached hydrogens (tertiary/aromatic N) is 11. The second-order valence-corrected chi connectivity index (χ2v) is 24.4. The molecule has 0 spiro atoms. The SMILES string of the molecule is CCC(=O)N(CC)C[C@H]1[C@@H](O)[C@H](n2c[n+](C)c3c(=O)[nH]c(N)nc32)O[C@@H]1COP(=O)(O)OP(=O)(O)OP(=O)(O)OCC1O[C@@H](n2cnc3c(N)ncnc32)[C@H](OC)[C@@H]1OP(=O)([O-])OC[C@H]1O[C@@H](n2cnc3c(=O)[nH]c(N)nc32)[C@H](O)[C@@H]1O. The van der Waals surface area contributed by atoms with Crippen LogP contribution >= 0.6 is 31.3 Å². The first-order valence-corrected chi connectivity index (χ1v) is 30.1. The maximum absolute atomic E-state index is 13.7. The van der Waals surface area contributed by atoms with Gasteiger partial charge in [-0.1, -0.05) is 6.92 Å². The molecule has 14 N–H and O–H groups in total. The first kappa shape index (κ1) is 60.9. The van der Waals surface area contributed by atoms with Gasteiger partial charge in [0.15, 0.2) is 35.1 Å². The number of nitrogen functional groups attached to an aromatic ring is 3. The van der Waals surface area contributed by atoms with Crippen LogP contribution in [0.25, 0.3) is 33.5 Å². The molecule has 16 atom stereocenters. The van der Waals surface area contributed by atoms with Crippen molar-refractivity contribution in [1.82, 2.24) is 58.5 Å². The van der Waals surface area contributed by atoms with Crippen LogP contribution in [0.2, 0.25) is 0 Å². The van der Waals surface area contributed by atoms with E-state index in [1.807, 2.05) is 0 Å². The number of nitrogens with two attached hydrogens (primary N) is 3. The van der Waals surface area contributed by atoms with Gasteiger partial charge >= 0.3 is 29.0 Å². The third-order valence-electron chi connectivity index (χ3n) is 13.2. The molecular weight excluding hydrogens is 1190 g/mol. The number of carbonyl (C=O) groups excluding carboxylic acids is 1. The van der Waals surface area contributed by atoms with Crippen LogP contribution in [0, 0.1) is 5.92 Å². The molecule has 6 aromatic rings. The van der Waals surface area contributed by atoms with E-state index in [1.54, 1.807) is 13.8 Å². The van der Waals surface area contributed by atoms with E-state index in [-0.39, 0.29) is 76.6 Å². The summed E-state index contributed by atoms with van der Waals surface area (Å²) in [6, 6.07) is 0. The molecule has 3 aliphatic heterocycles. The summed E-state index contributed by atoms with van der Waals surface area (Å²) in [5.41, 5.74) is 15.6. The first-order valence-electron chi connectivity index (χ1n) is 24.1. The van der Waals surface area contributed by atoms with E-state index < -0.39 is 136 Å². The predicted molar refractivity (Wildman–Crippen MR) is 267 cm³/mol. The molecule has 0 bridgehead atoms. The zero-order valence-electron chi connectivity index (χ0n) is 43.0. The van der Waals surface area contributed by atoms with E-state index in [0.29, 0.717) is 0 Å². The van der Waals surface area contributed by atoms with E-state index in [0.717, 1.165) is 30.7 Å². The summed E-state index contributed by atoms with van der Waals surface area (Å²) in [6.45, 7) is -0.244. The van der Waals surface area contributed by atoms with Gasteiger partial charge in [-0.2, -0.15) is 23.2 Å². The zero-order chi connectivity index (χ0) is 59.5. The Hall–Kier alpha value is -5.64. The number of H-pyrrole nitrogens is 2. The van der Waals surface area contributed by atoms with Crippen LogP contribution in [0.1, 0.15) is 39.0 Å². The third kappa shape index (κ3) is 12.4. The van der Waals surface area contributed by atoms with E-state index in [2.05, 4.69) is 48.5 Å². The van der Waals surface area contributed by atoms with E-state index >= 15 is 0 Å². The van der Waals surface area contributed by atoms with Crippen molar-refractivity contribution in [1.29, 1.82) is 0 Å². The van der Waals surface area contributed by atoms with Crippen LogP contribution in [-0.4, -0.2) is 183 Å². The molecule has 44 heteroatoms. The number of phosphoric acid groups is 4. The van der Waals surface area contributed by atoms with Crippen LogP contribution in [0.15, 0.2) is 34.9 Å². The summed E-state index contributed by atoms with van der Waals surface area (Å²) in [5.74, 6) is -2.22. The Balaban J connectivity index is 0.884. The second-order valence-electron chi connectivity index (χ2n) is 18.4. The van der Waals surface area contributed by atoms with Crippen molar-refractivity contribution in [3.8, 4) is 0 Å². The Morgan fingerprint density at radius 2 is 1.30 bits per heavy atom. The average Bonchev–Trinajstić information content (AvgIpc) is 3.77. The number of nitrogens with one attached hydrogen (secondary N) is 2. The van der Waals surface area contributed by atoms with Crippen molar-refractivity contribution in [2.45, 2.75) is 87.8 Å². The fourth-order valence-electron chi connectivity index (χ4n) is 9.48. The minimum Gasteiger partial charge on any atom is -0.756 e. The van der Waals surface area contributed by atoms with Crippen molar-refractivity contribution >= 4 is 88.4 Å². The van der Waals surface area contributed by atoms with Crippen LogP contribution < -0.4 is 37.8 Å². The highest BCUT2D eigenvalue weighted by Crippen LogP contribution is 2.68. The van der Waals surface area contributed by atoms with Gasteiger partial charge in [-0.15, -0.1) is 0 Å². The molecule has 450 valence electrons. The molecule has 0 saturated carbocycles. The van der Waals surface area contributed by atoms with Gasteiger partial charge in [-0.25, -0.2) is 38.2 Å². The first-order chi connectivity index (χ1) is 38.5. The number of aliphatic hydroxyl groups excluding tert-OH is 3. The molecule has 3 aliphatic rings. The Kier molecular flexibility index (Phi) is 17.4. The number of aryl methyl sites for hydroxylation is 1. The summed E-state index contributed by atoms with van der Waals surface area (Å²) in [7, 11) is -21.3. The summed E-state index contributed by atoms with van der Waals surface area (Å²) in [4.78, 5) is 114. The molecule has 1 amide bonds. The monoisotopic (exact) mass is 1240 g/mol. The molecule has 40 nitrogen and oxygen atoms in total. The van der Waals surface area contributed by atoms with Gasteiger partial charge in [0.25, 0.3) is 24.5 Å². The van der Waals surface area contributed by atoms with Crippen LogP contribution in [0.4, 0.5) is 17.7 Å². The van der Waals surface area contributed by atoms with E-state index in [9.17, 15) is 67.5 Å². The highest BCUT2D eigenvalue weighted by atomic mass is 31.3. The van der Waals surface area contributed by atoms with Crippen molar-refractivity contribution in [3.63, 3.8) is 0 Å². The lowest BCUT2D eigenvalue weighted by Gasteiger charge is -2.31. The number of ether oxygens (including phenoxy) is 4. The number of aliphatic hydroxyl groups is 3. The molecule has 0 radical (unpaired) electrons. The maximum Gasteiger partial charge on any atom is 0.490 e. The molecule has 6 aromatic heterocycles. The van der Waals surface area contributed by atoms with Gasteiger partial charge in [0.05, 0.1) is 45.6 Å². The number of aromatic amines is 2. The zero-order valence-corrected chi connectivity index (χ0v) is 46.5. The number of hydrogen-bond acceptors (Lipinski definition) is 30. The molecule has 9 heterocycles. The Labute approximate surface area is 458 Å². The van der Waals surface area contributed by atoms with Gasteiger partial charge in [0, 0.05) is 32.5 Å². The molecule has 5 unspecified atom stereocenters. The highest BCUT2D eigenvalue weighted by Gasteiger charge is 2.53. The lowest BCUT2D eigenvalue weighted by atomic mass is 9.97. The molecule has 9 rings (SSSR count). The number of aromatic nitrogens is 12. The number of imidazole rings is 3. The molecular formula is C38H54N16O24P4. The molecule has 3 saturated heterocycles. The standard InChI is InChI=1S/C38H54N16O24P4/c1-5-19(55)51(6-2)7-15-16(73-34(23(15)56)54-14-50(3)22-31(54)47-38(41)49-33(22)60)8-71-80(63,64)77-82(67,68)78-81(65,66)72-10-18-26(27(69-4)36(75-18)52-12-44-20-28(39)42-11-43-29(20)52)76-79(61,62)70-9-17-24(57)25(58)35(74-17)53-13-45-21-30(53)46-37(40)48-32(21)59/h11-18,23-27,34-36,56-58H,5-10H2,1-4H3,(H11-,39,40,41,42,43,46,47,48,49,59,60,61,62,63,64,65,66,67,68)/t15-,16-,17-,18?,23-,24-,25-,26-,27-,34-,35-,36-/m1/s1. The number of carbonyl (C=O) groups is 1. The van der Waals surface area contributed by atoms with Crippen molar-refractivity contribution < 1.29 is 108 Å². The Morgan fingerprint density at radius 3 is 1.95 bits per heavy atom. The lowest BCUT2D eigenvalue weighted by molar-refractivity contribution is -0.646. The number of phosphoric ester groups is 3. The van der Waals surface area contributed by atoms with Gasteiger partial charge in [0.2, 0.25) is 30.4 Å². The quantitative estimate of drug-likeness (QED) is 0.0216. The van der Waals surface area contributed by atoms with Crippen LogP contribution in [-0.2, 0) is 75.8 Å². The number of anilines is 3. The van der Waals surface area contributed by atoms with Crippen molar-refractivity contribution in [2.24, 2.45) is 13.0 Å². The Morgan fingerprint density at radius 1 is 0.732 bits per heavy atom. The number of methoxy groups -OCH3 is 1. The molecule has 0 aromatic carbocycles. The largest absolute Gasteiger partial charge is 0.756 e. The lowest BCUT2D eigenvalue weighted by Crippen LogP contribution is -2.42. The fraction of sp³-hybridized carbons (Fsp3) is 0.579. The van der Waals surface area contributed by atoms with Crippen LogP contribution in [0.5, 0.6) is 0 Å².